The molecular formula is C29H26N3O7+. The molecule has 0 unspecified atom stereocenters. The van der Waals surface area contributed by atoms with Crippen molar-refractivity contribution < 1.29 is 33.5 Å². The second-order valence-electron chi connectivity index (χ2n) is 9.65. The summed E-state index contributed by atoms with van der Waals surface area (Å²) >= 11 is 0. The minimum absolute atomic E-state index is 0.0459. The van der Waals surface area contributed by atoms with Crippen LogP contribution >= 0.6 is 0 Å². The van der Waals surface area contributed by atoms with Crippen LogP contribution in [0.2, 0.25) is 0 Å². The van der Waals surface area contributed by atoms with Gasteiger partial charge in [-0.3, -0.25) is 9.59 Å². The van der Waals surface area contributed by atoms with E-state index < -0.39 is 23.8 Å². The minimum Gasteiger partial charge on any atom is -0.478 e. The number of imide groups is 1. The van der Waals surface area contributed by atoms with Gasteiger partial charge in [-0.1, -0.05) is 6.07 Å². The largest absolute Gasteiger partial charge is 0.478 e. The third kappa shape index (κ3) is 4.61. The summed E-state index contributed by atoms with van der Waals surface area (Å²) in [6.07, 6.45) is -0.0918. The fourth-order valence-electron chi connectivity index (χ4n) is 4.57. The third-order valence-electron chi connectivity index (χ3n) is 6.66. The summed E-state index contributed by atoms with van der Waals surface area (Å²) < 4.78 is 8.24. The summed E-state index contributed by atoms with van der Waals surface area (Å²) in [6.45, 7) is 0. The van der Waals surface area contributed by atoms with Gasteiger partial charge in [-0.15, -0.1) is 5.06 Å². The Hall–Kier alpha value is -4.99. The highest BCUT2D eigenvalue weighted by atomic mass is 16.7. The Kier molecular flexibility index (Phi) is 6.39. The lowest BCUT2D eigenvalue weighted by molar-refractivity contribution is -0.172. The number of nitrogens with zero attached hydrogens (tertiary/aromatic N) is 3. The smallest absolute Gasteiger partial charge is 0.363 e. The SMILES string of the molecule is CN(C)c1ccc2c(-c3ccc(C(=O)ON4C(=O)CCC4=O)cc3C(=O)O)c3ccc(=[N+](C)C)cc-3oc2c1. The van der Waals surface area contributed by atoms with Gasteiger partial charge in [-0.2, -0.15) is 0 Å². The molecule has 0 radical (unpaired) electrons. The van der Waals surface area contributed by atoms with Crippen molar-refractivity contribution in [3.8, 4) is 22.5 Å². The standard InChI is InChI=1S/C29H25N3O7/c1-30(2)17-6-9-20-23(14-17)38-24-15-18(31(3)4)7-10-21(24)27(20)19-8-5-16(13-22(19)28(35)36)29(37)39-32-25(33)11-12-26(32)34/h5-10,13-15H,11-12H2,1-4H3/p+1. The maximum Gasteiger partial charge on any atom is 0.363 e. The first-order chi connectivity index (χ1) is 18.5. The van der Waals surface area contributed by atoms with Crippen LogP contribution in [0.1, 0.15) is 33.6 Å². The number of hydrogen-bond acceptors (Lipinski definition) is 7. The molecule has 10 nitrogen and oxygen atoms in total. The molecule has 1 aliphatic carbocycles. The zero-order valence-corrected chi connectivity index (χ0v) is 21.8. The normalized spacial score (nSPS) is 13.3. The van der Waals surface area contributed by atoms with Gasteiger partial charge in [-0.25, -0.2) is 14.2 Å². The molecule has 39 heavy (non-hydrogen) atoms. The summed E-state index contributed by atoms with van der Waals surface area (Å²) in [6, 6.07) is 15.5. The van der Waals surface area contributed by atoms with E-state index in [0.717, 1.165) is 11.0 Å². The lowest BCUT2D eigenvalue weighted by atomic mass is 9.89. The first kappa shape index (κ1) is 25.7. The average molecular weight is 529 g/mol. The van der Waals surface area contributed by atoms with E-state index in [2.05, 4.69) is 0 Å². The monoisotopic (exact) mass is 528 g/mol. The van der Waals surface area contributed by atoms with E-state index in [9.17, 15) is 24.3 Å². The number of hydroxylamine groups is 2. The summed E-state index contributed by atoms with van der Waals surface area (Å²) in [5, 5.41) is 12.2. The maximum absolute atomic E-state index is 12.8. The van der Waals surface area contributed by atoms with Crippen LogP contribution in [0, 0.1) is 0 Å². The second kappa shape index (κ2) is 9.71. The molecule has 2 heterocycles. The number of carbonyl (C=O) groups excluding carboxylic acids is 3. The summed E-state index contributed by atoms with van der Waals surface area (Å²) in [4.78, 5) is 55.9. The molecule has 2 aromatic carbocycles. The Bertz CT molecular complexity index is 1710. The molecule has 3 aliphatic rings. The van der Waals surface area contributed by atoms with E-state index in [1.54, 1.807) is 0 Å². The van der Waals surface area contributed by atoms with Crippen molar-refractivity contribution in [1.29, 1.82) is 0 Å². The molecule has 198 valence electrons. The number of carboxylic acids is 1. The zero-order valence-electron chi connectivity index (χ0n) is 21.8. The van der Waals surface area contributed by atoms with Crippen LogP contribution in [-0.2, 0) is 14.4 Å². The van der Waals surface area contributed by atoms with Gasteiger partial charge in [0.05, 0.1) is 17.2 Å². The fraction of sp³-hybridized carbons (Fsp3) is 0.207. The number of carbonyl (C=O) groups is 4. The Labute approximate surface area is 223 Å². The zero-order chi connectivity index (χ0) is 28.0. The number of benzene rings is 3. The minimum atomic E-state index is -1.26. The van der Waals surface area contributed by atoms with E-state index in [1.807, 2.05) is 74.1 Å². The van der Waals surface area contributed by atoms with Crippen LogP contribution in [0.3, 0.4) is 0 Å². The second-order valence-corrected chi connectivity index (χ2v) is 9.65. The topological polar surface area (TPSA) is 120 Å². The van der Waals surface area contributed by atoms with Crippen LogP contribution < -0.4 is 14.8 Å². The summed E-state index contributed by atoms with van der Waals surface area (Å²) in [5.74, 6) is -2.95. The first-order valence-corrected chi connectivity index (χ1v) is 12.2. The number of carboxylic acid groups (broad SMARTS) is 1. The van der Waals surface area contributed by atoms with E-state index >= 15 is 0 Å². The average Bonchev–Trinajstić information content (AvgIpc) is 3.22. The van der Waals surface area contributed by atoms with E-state index in [-0.39, 0.29) is 24.0 Å². The molecule has 5 rings (SSSR count). The van der Waals surface area contributed by atoms with Crippen molar-refractivity contribution in [3.05, 3.63) is 71.1 Å². The van der Waals surface area contributed by atoms with Gasteiger partial charge < -0.3 is 19.3 Å². The molecule has 0 atom stereocenters. The first-order valence-electron chi connectivity index (χ1n) is 12.2. The quantitative estimate of drug-likeness (QED) is 0.238. The van der Waals surface area contributed by atoms with Gasteiger partial charge in [0.25, 0.3) is 11.8 Å². The molecule has 0 saturated carbocycles. The predicted octanol–water partition coefficient (Wildman–Crippen LogP) is 3.22. The van der Waals surface area contributed by atoms with Crippen molar-refractivity contribution in [1.82, 2.24) is 9.64 Å². The Morgan fingerprint density at radius 2 is 1.64 bits per heavy atom. The van der Waals surface area contributed by atoms with Crippen molar-refractivity contribution in [2.75, 3.05) is 33.1 Å². The molecule has 0 bridgehead atoms. The molecule has 2 aromatic rings. The van der Waals surface area contributed by atoms with Gasteiger partial charge in [-0.05, 0) is 35.9 Å². The van der Waals surface area contributed by atoms with Crippen molar-refractivity contribution >= 4 is 40.4 Å². The van der Waals surface area contributed by atoms with Gasteiger partial charge >= 0.3 is 11.9 Å². The predicted molar refractivity (Wildman–Crippen MR) is 143 cm³/mol. The molecule has 0 aromatic heterocycles. The Morgan fingerprint density at radius 1 is 0.949 bits per heavy atom. The van der Waals surface area contributed by atoms with Gasteiger partial charge in [0.15, 0.2) is 0 Å². The van der Waals surface area contributed by atoms with Crippen molar-refractivity contribution in [3.63, 3.8) is 0 Å². The third-order valence-corrected chi connectivity index (χ3v) is 6.66. The lowest BCUT2D eigenvalue weighted by Gasteiger charge is -2.19. The number of amides is 2. The van der Waals surface area contributed by atoms with E-state index in [0.29, 0.717) is 38.5 Å². The molecular weight excluding hydrogens is 502 g/mol. The highest BCUT2D eigenvalue weighted by molar-refractivity contribution is 6.09. The number of aromatic carboxylic acids is 1. The number of rotatable bonds is 5. The maximum atomic E-state index is 12.8. The molecule has 2 aliphatic heterocycles. The Morgan fingerprint density at radius 3 is 2.28 bits per heavy atom. The van der Waals surface area contributed by atoms with E-state index in [4.69, 9.17) is 9.25 Å². The van der Waals surface area contributed by atoms with Crippen LogP contribution in [0.5, 0.6) is 0 Å². The number of fused-ring (bicyclic) bond motifs is 2. The van der Waals surface area contributed by atoms with Crippen LogP contribution in [0.4, 0.5) is 5.69 Å². The van der Waals surface area contributed by atoms with Crippen molar-refractivity contribution in [2.24, 2.45) is 0 Å². The molecule has 1 saturated heterocycles. The van der Waals surface area contributed by atoms with Crippen molar-refractivity contribution in [2.45, 2.75) is 12.8 Å². The number of hydrogen-bond donors (Lipinski definition) is 1. The summed E-state index contributed by atoms with van der Waals surface area (Å²) in [7, 11) is 7.65. The molecule has 1 fully saturated rings. The summed E-state index contributed by atoms with van der Waals surface area (Å²) in [5.41, 5.74) is 2.90. The molecule has 0 spiro atoms. The number of anilines is 1. The van der Waals surface area contributed by atoms with Gasteiger partial charge in [0.1, 0.15) is 25.4 Å². The van der Waals surface area contributed by atoms with Crippen LogP contribution in [-0.4, -0.2) is 62.1 Å². The molecule has 10 heteroatoms. The highest BCUT2D eigenvalue weighted by Crippen LogP contribution is 2.42. The van der Waals surface area contributed by atoms with Crippen LogP contribution in [0.15, 0.2) is 59.0 Å². The lowest BCUT2D eigenvalue weighted by Crippen LogP contribution is -2.32. The molecule has 1 N–H and O–H groups in total. The fourth-order valence-corrected chi connectivity index (χ4v) is 4.57. The Balaban J connectivity index is 1.72. The highest BCUT2D eigenvalue weighted by Gasteiger charge is 2.33. The van der Waals surface area contributed by atoms with Gasteiger partial charge in [0, 0.05) is 61.3 Å². The molecule has 2 amide bonds. The van der Waals surface area contributed by atoms with E-state index in [1.165, 1.54) is 18.2 Å². The van der Waals surface area contributed by atoms with Crippen LogP contribution in [0.25, 0.3) is 33.4 Å². The van der Waals surface area contributed by atoms with Gasteiger partial charge in [0.2, 0.25) is 5.36 Å².